The molecule has 1 saturated heterocycles. The van der Waals surface area contributed by atoms with Crippen LogP contribution in [0.25, 0.3) is 0 Å². The lowest BCUT2D eigenvalue weighted by atomic mass is 9.89. The SMILES string of the molecule is C#C.CC(C)CC(=O)N1CCC(c2ccc(Br)cc2)CC1.NC(=O)c1ccccc1. The van der Waals surface area contributed by atoms with Crippen molar-refractivity contribution in [3.05, 3.63) is 70.2 Å². The number of nitrogens with two attached hydrogens (primary N) is 1. The summed E-state index contributed by atoms with van der Waals surface area (Å²) in [4.78, 5) is 24.5. The van der Waals surface area contributed by atoms with Gasteiger partial charge in [-0.25, -0.2) is 0 Å². The van der Waals surface area contributed by atoms with Gasteiger partial charge in [0.2, 0.25) is 11.8 Å². The molecule has 160 valence electrons. The number of carbonyl (C=O) groups excluding carboxylic acids is 2. The van der Waals surface area contributed by atoms with Gasteiger partial charge in [-0.2, -0.15) is 0 Å². The molecule has 0 saturated carbocycles. The smallest absolute Gasteiger partial charge is 0.248 e. The molecule has 0 bridgehead atoms. The number of benzene rings is 2. The van der Waals surface area contributed by atoms with Crippen LogP contribution in [0.2, 0.25) is 0 Å². The van der Waals surface area contributed by atoms with E-state index in [1.165, 1.54) is 5.56 Å². The molecule has 0 spiro atoms. The molecule has 0 atom stereocenters. The van der Waals surface area contributed by atoms with Gasteiger partial charge in [0, 0.05) is 29.5 Å². The van der Waals surface area contributed by atoms with E-state index in [9.17, 15) is 9.59 Å². The number of nitrogens with zero attached hydrogens (tertiary/aromatic N) is 1. The third-order valence-corrected chi connectivity index (χ3v) is 5.36. The van der Waals surface area contributed by atoms with Crippen LogP contribution in [0.1, 0.15) is 54.9 Å². The number of halogens is 1. The predicted octanol–water partition coefficient (Wildman–Crippen LogP) is 5.24. The van der Waals surface area contributed by atoms with Crippen LogP contribution in [0, 0.1) is 18.8 Å². The zero-order chi connectivity index (χ0) is 22.5. The molecular formula is C25H31BrN2O2. The first kappa shape index (κ1) is 25.5. The lowest BCUT2D eigenvalue weighted by molar-refractivity contribution is -0.133. The molecule has 0 radical (unpaired) electrons. The van der Waals surface area contributed by atoms with Crippen molar-refractivity contribution in [1.29, 1.82) is 0 Å². The van der Waals surface area contributed by atoms with Crippen molar-refractivity contribution in [3.63, 3.8) is 0 Å². The fourth-order valence-corrected chi connectivity index (χ4v) is 3.54. The van der Waals surface area contributed by atoms with Gasteiger partial charge in [0.1, 0.15) is 0 Å². The number of carbonyl (C=O) groups is 2. The molecule has 2 aromatic carbocycles. The van der Waals surface area contributed by atoms with Crippen LogP contribution in [-0.2, 0) is 4.79 Å². The topological polar surface area (TPSA) is 63.4 Å². The molecule has 3 rings (SSSR count). The fourth-order valence-electron chi connectivity index (χ4n) is 3.28. The van der Waals surface area contributed by atoms with E-state index >= 15 is 0 Å². The Morgan fingerprint density at radius 3 is 2.00 bits per heavy atom. The number of hydrogen-bond acceptors (Lipinski definition) is 2. The molecule has 2 aromatic rings. The second kappa shape index (κ2) is 13.6. The van der Waals surface area contributed by atoms with Gasteiger partial charge in [-0.3, -0.25) is 9.59 Å². The van der Waals surface area contributed by atoms with Gasteiger partial charge in [-0.05, 0) is 54.5 Å². The Balaban J connectivity index is 0.000000342. The molecule has 1 fully saturated rings. The first-order chi connectivity index (χ1) is 14.4. The summed E-state index contributed by atoms with van der Waals surface area (Å²) < 4.78 is 1.13. The maximum absolute atomic E-state index is 12.0. The summed E-state index contributed by atoms with van der Waals surface area (Å²) in [6.45, 7) is 6.03. The van der Waals surface area contributed by atoms with Gasteiger partial charge in [0.15, 0.2) is 0 Å². The summed E-state index contributed by atoms with van der Waals surface area (Å²) in [5, 5.41) is 0. The molecular weight excluding hydrogens is 440 g/mol. The molecule has 0 aliphatic carbocycles. The number of amides is 2. The quantitative estimate of drug-likeness (QED) is 0.621. The zero-order valence-electron chi connectivity index (χ0n) is 17.8. The average Bonchev–Trinajstić information content (AvgIpc) is 2.76. The molecule has 2 N–H and O–H groups in total. The van der Waals surface area contributed by atoms with E-state index in [0.717, 1.165) is 30.4 Å². The van der Waals surface area contributed by atoms with Gasteiger partial charge < -0.3 is 10.6 Å². The van der Waals surface area contributed by atoms with Gasteiger partial charge in [0.25, 0.3) is 0 Å². The van der Waals surface area contributed by atoms with Crippen molar-refractivity contribution in [2.45, 2.75) is 39.0 Å². The highest BCUT2D eigenvalue weighted by Crippen LogP contribution is 2.29. The number of likely N-dealkylation sites (tertiary alicyclic amines) is 1. The van der Waals surface area contributed by atoms with E-state index < -0.39 is 0 Å². The van der Waals surface area contributed by atoms with Crippen molar-refractivity contribution in [2.75, 3.05) is 13.1 Å². The summed E-state index contributed by atoms with van der Waals surface area (Å²) in [6.07, 6.45) is 10.9. The van der Waals surface area contributed by atoms with Crippen LogP contribution in [0.5, 0.6) is 0 Å². The van der Waals surface area contributed by atoms with Crippen LogP contribution in [0.15, 0.2) is 59.1 Å². The van der Waals surface area contributed by atoms with Gasteiger partial charge >= 0.3 is 0 Å². The van der Waals surface area contributed by atoms with Crippen molar-refractivity contribution in [3.8, 4) is 12.8 Å². The van der Waals surface area contributed by atoms with Crippen LogP contribution < -0.4 is 5.73 Å². The molecule has 30 heavy (non-hydrogen) atoms. The molecule has 1 aliphatic rings. The minimum atomic E-state index is -0.379. The largest absolute Gasteiger partial charge is 0.366 e. The summed E-state index contributed by atoms with van der Waals surface area (Å²) in [6, 6.07) is 17.4. The number of primary amides is 1. The Morgan fingerprint density at radius 2 is 1.57 bits per heavy atom. The Hall–Kier alpha value is -2.58. The molecule has 1 aliphatic heterocycles. The van der Waals surface area contributed by atoms with E-state index in [1.807, 2.05) is 11.0 Å². The maximum atomic E-state index is 12.0. The number of piperidine rings is 1. The third-order valence-electron chi connectivity index (χ3n) is 4.83. The van der Waals surface area contributed by atoms with Crippen molar-refractivity contribution >= 4 is 27.7 Å². The van der Waals surface area contributed by atoms with E-state index in [1.54, 1.807) is 24.3 Å². The highest BCUT2D eigenvalue weighted by Gasteiger charge is 2.23. The Labute approximate surface area is 189 Å². The van der Waals surface area contributed by atoms with E-state index in [4.69, 9.17) is 5.73 Å². The molecule has 1 heterocycles. The van der Waals surface area contributed by atoms with Crippen molar-refractivity contribution in [2.24, 2.45) is 11.7 Å². The second-order valence-electron chi connectivity index (χ2n) is 7.53. The predicted molar refractivity (Wildman–Crippen MR) is 127 cm³/mol. The Morgan fingerprint density at radius 1 is 1.03 bits per heavy atom. The first-order valence-electron chi connectivity index (χ1n) is 10.1. The maximum Gasteiger partial charge on any atom is 0.248 e. The highest BCUT2D eigenvalue weighted by atomic mass is 79.9. The number of hydrogen-bond donors (Lipinski definition) is 1. The Bertz CT molecular complexity index is 793. The average molecular weight is 471 g/mol. The standard InChI is InChI=1S/C16H22BrNO.C7H7NO.C2H2/c1-12(2)11-16(19)18-9-7-14(8-10-18)13-3-5-15(17)6-4-13;8-7(9)6-4-2-1-3-5-6;1-2/h3-6,12,14H,7-11H2,1-2H3;1-5H,(H2,8,9);1-2H. The highest BCUT2D eigenvalue weighted by molar-refractivity contribution is 9.10. The van der Waals surface area contributed by atoms with Gasteiger partial charge in [-0.1, -0.05) is 60.1 Å². The summed E-state index contributed by atoms with van der Waals surface area (Å²) in [5.74, 6) is 1.01. The first-order valence-corrected chi connectivity index (χ1v) is 10.9. The normalized spacial score (nSPS) is 13.5. The van der Waals surface area contributed by atoms with E-state index in [2.05, 4.69) is 66.9 Å². The van der Waals surface area contributed by atoms with Crippen molar-refractivity contribution < 1.29 is 9.59 Å². The summed E-state index contributed by atoms with van der Waals surface area (Å²) >= 11 is 3.47. The number of terminal acetylenes is 1. The van der Waals surface area contributed by atoms with Crippen LogP contribution in [0.4, 0.5) is 0 Å². The molecule has 2 amide bonds. The minimum Gasteiger partial charge on any atom is -0.366 e. The van der Waals surface area contributed by atoms with Gasteiger partial charge in [0.05, 0.1) is 0 Å². The van der Waals surface area contributed by atoms with Crippen LogP contribution in [-0.4, -0.2) is 29.8 Å². The zero-order valence-corrected chi connectivity index (χ0v) is 19.3. The number of rotatable bonds is 4. The lowest BCUT2D eigenvalue weighted by Crippen LogP contribution is -2.38. The Kier molecular flexibility index (Phi) is 11.5. The molecule has 0 unspecified atom stereocenters. The molecule has 5 heteroatoms. The van der Waals surface area contributed by atoms with Gasteiger partial charge in [-0.15, -0.1) is 12.8 Å². The van der Waals surface area contributed by atoms with Crippen LogP contribution in [0.3, 0.4) is 0 Å². The monoisotopic (exact) mass is 470 g/mol. The lowest BCUT2D eigenvalue weighted by Gasteiger charge is -2.32. The second-order valence-corrected chi connectivity index (χ2v) is 8.45. The molecule has 4 nitrogen and oxygen atoms in total. The molecule has 0 aromatic heterocycles. The third kappa shape index (κ3) is 8.84. The van der Waals surface area contributed by atoms with E-state index in [0.29, 0.717) is 29.7 Å². The summed E-state index contributed by atoms with van der Waals surface area (Å²) in [5.41, 5.74) is 6.93. The minimum absolute atomic E-state index is 0.323. The summed E-state index contributed by atoms with van der Waals surface area (Å²) in [7, 11) is 0. The van der Waals surface area contributed by atoms with Crippen molar-refractivity contribution in [1.82, 2.24) is 4.90 Å². The fraction of sp³-hybridized carbons (Fsp3) is 0.360. The van der Waals surface area contributed by atoms with E-state index in [-0.39, 0.29) is 5.91 Å². The van der Waals surface area contributed by atoms with Crippen LogP contribution >= 0.6 is 15.9 Å².